The van der Waals surface area contributed by atoms with Crippen molar-refractivity contribution < 1.29 is 17.2 Å². The number of aromatic amines is 1. The van der Waals surface area contributed by atoms with Crippen LogP contribution in [0.5, 0.6) is 0 Å². The average Bonchev–Trinajstić information content (AvgIpc) is 2.44. The Morgan fingerprint density at radius 2 is 2.00 bits per heavy atom. The largest absolute Gasteiger partial charge is 0.361 e. The lowest BCUT2D eigenvalue weighted by Gasteiger charge is -1.98. The minimum absolute atomic E-state index is 0.0913. The van der Waals surface area contributed by atoms with Crippen LogP contribution in [-0.4, -0.2) is 13.4 Å². The summed E-state index contributed by atoms with van der Waals surface area (Å²) in [6, 6.07) is 1.83. The lowest BCUT2D eigenvalue weighted by Crippen LogP contribution is -1.98. The van der Waals surface area contributed by atoms with Gasteiger partial charge in [-0.3, -0.25) is 0 Å². The van der Waals surface area contributed by atoms with Gasteiger partial charge in [-0.25, -0.2) is 17.2 Å². The molecule has 0 fully saturated rings. The van der Waals surface area contributed by atoms with Gasteiger partial charge in [-0.15, -0.1) is 0 Å². The van der Waals surface area contributed by atoms with Crippen LogP contribution >= 0.6 is 0 Å². The second-order valence-corrected chi connectivity index (χ2v) is 5.29. The number of hydrogen-bond donors (Lipinski definition) is 1. The SMILES string of the molecule is [CH2]S(=O)(=O)Cc1c[nH]c2cc(F)cc(F)c12. The van der Waals surface area contributed by atoms with E-state index in [1.165, 1.54) is 6.20 Å². The molecule has 1 aromatic carbocycles. The second-order valence-electron chi connectivity index (χ2n) is 3.51. The fourth-order valence-corrected chi connectivity index (χ4v) is 2.30. The van der Waals surface area contributed by atoms with E-state index in [1.807, 2.05) is 0 Å². The van der Waals surface area contributed by atoms with Crippen LogP contribution in [0.3, 0.4) is 0 Å². The van der Waals surface area contributed by atoms with Gasteiger partial charge in [-0.1, -0.05) is 0 Å². The monoisotopic (exact) mass is 244 g/mol. The van der Waals surface area contributed by atoms with Crippen molar-refractivity contribution in [2.24, 2.45) is 0 Å². The topological polar surface area (TPSA) is 49.9 Å². The summed E-state index contributed by atoms with van der Waals surface area (Å²) in [5.41, 5.74) is 0.485. The molecule has 1 N–H and O–H groups in total. The Balaban J connectivity index is 2.65. The van der Waals surface area contributed by atoms with Gasteiger partial charge >= 0.3 is 0 Å². The highest BCUT2D eigenvalue weighted by molar-refractivity contribution is 7.91. The predicted octanol–water partition coefficient (Wildman–Crippen LogP) is 2.15. The lowest BCUT2D eigenvalue weighted by atomic mass is 10.2. The fourth-order valence-electron chi connectivity index (χ4n) is 1.60. The van der Waals surface area contributed by atoms with E-state index in [-0.39, 0.29) is 22.2 Å². The van der Waals surface area contributed by atoms with Crippen molar-refractivity contribution in [1.29, 1.82) is 0 Å². The molecule has 1 heterocycles. The lowest BCUT2D eigenvalue weighted by molar-refractivity contribution is 0.591. The van der Waals surface area contributed by atoms with Crippen molar-refractivity contribution in [3.05, 3.63) is 41.8 Å². The molecule has 0 atom stereocenters. The molecular weight excluding hydrogens is 236 g/mol. The van der Waals surface area contributed by atoms with E-state index < -0.39 is 21.5 Å². The molecule has 2 rings (SSSR count). The van der Waals surface area contributed by atoms with Gasteiger partial charge in [-0.2, -0.15) is 0 Å². The van der Waals surface area contributed by atoms with Gasteiger partial charge in [0.15, 0.2) is 9.84 Å². The number of sulfone groups is 1. The molecule has 0 bridgehead atoms. The summed E-state index contributed by atoms with van der Waals surface area (Å²) in [6.45, 7) is 0. The number of hydrogen-bond acceptors (Lipinski definition) is 2. The average molecular weight is 244 g/mol. The molecule has 0 amide bonds. The Bertz CT molecular complexity index is 646. The number of rotatable bonds is 2. The Labute approximate surface area is 91.0 Å². The summed E-state index contributed by atoms with van der Waals surface area (Å²) in [4.78, 5) is 2.62. The zero-order valence-corrected chi connectivity index (χ0v) is 8.94. The van der Waals surface area contributed by atoms with Gasteiger partial charge in [0.25, 0.3) is 0 Å². The minimum atomic E-state index is -3.50. The molecule has 0 spiro atoms. The molecule has 16 heavy (non-hydrogen) atoms. The Hall–Kier alpha value is -1.43. The highest BCUT2D eigenvalue weighted by atomic mass is 32.2. The summed E-state index contributed by atoms with van der Waals surface area (Å²) in [7, 11) is -3.50. The number of fused-ring (bicyclic) bond motifs is 1. The maximum Gasteiger partial charge on any atom is 0.155 e. The molecule has 2 aromatic rings. The van der Waals surface area contributed by atoms with Crippen molar-refractivity contribution in [2.75, 3.05) is 0 Å². The Kier molecular flexibility index (Phi) is 2.46. The van der Waals surface area contributed by atoms with Crippen molar-refractivity contribution in [1.82, 2.24) is 4.98 Å². The highest BCUT2D eigenvalue weighted by Crippen LogP contribution is 2.24. The predicted molar refractivity (Wildman–Crippen MR) is 56.2 cm³/mol. The van der Waals surface area contributed by atoms with Gasteiger partial charge in [0.2, 0.25) is 0 Å². The fraction of sp³-hybridized carbons (Fsp3) is 0.100. The van der Waals surface area contributed by atoms with Crippen molar-refractivity contribution in [3.8, 4) is 0 Å². The number of halogens is 2. The zero-order chi connectivity index (χ0) is 11.9. The quantitative estimate of drug-likeness (QED) is 0.880. The van der Waals surface area contributed by atoms with Gasteiger partial charge < -0.3 is 4.98 Å². The van der Waals surface area contributed by atoms with Crippen LogP contribution in [0.2, 0.25) is 0 Å². The van der Waals surface area contributed by atoms with E-state index in [1.54, 1.807) is 0 Å². The molecule has 0 saturated heterocycles. The number of nitrogens with one attached hydrogen (secondary N) is 1. The maximum absolute atomic E-state index is 13.4. The van der Waals surface area contributed by atoms with Crippen LogP contribution in [0.25, 0.3) is 10.9 Å². The summed E-state index contributed by atoms with van der Waals surface area (Å²) >= 11 is 0. The van der Waals surface area contributed by atoms with E-state index in [9.17, 15) is 17.2 Å². The third kappa shape index (κ3) is 2.06. The highest BCUT2D eigenvalue weighted by Gasteiger charge is 2.14. The minimum Gasteiger partial charge on any atom is -0.361 e. The van der Waals surface area contributed by atoms with E-state index in [0.717, 1.165) is 12.1 Å². The van der Waals surface area contributed by atoms with E-state index >= 15 is 0 Å². The molecule has 0 aliphatic carbocycles. The summed E-state index contributed by atoms with van der Waals surface area (Å²) in [5, 5.41) is 0.0913. The molecule has 1 aromatic heterocycles. The molecule has 0 aliphatic rings. The Morgan fingerprint density at radius 1 is 1.31 bits per heavy atom. The van der Waals surface area contributed by atoms with E-state index in [0.29, 0.717) is 0 Å². The third-order valence-electron chi connectivity index (χ3n) is 2.15. The van der Waals surface area contributed by atoms with Crippen molar-refractivity contribution >= 4 is 20.7 Å². The summed E-state index contributed by atoms with van der Waals surface area (Å²) < 4.78 is 48.3. The zero-order valence-electron chi connectivity index (χ0n) is 8.13. The first-order valence-corrected chi connectivity index (χ1v) is 6.20. The third-order valence-corrected chi connectivity index (χ3v) is 2.90. The number of benzene rings is 1. The van der Waals surface area contributed by atoms with Crippen LogP contribution in [0.4, 0.5) is 8.78 Å². The van der Waals surface area contributed by atoms with Crippen LogP contribution < -0.4 is 0 Å². The maximum atomic E-state index is 13.4. The molecule has 6 heteroatoms. The number of H-pyrrole nitrogens is 1. The molecule has 1 radical (unpaired) electrons. The van der Waals surface area contributed by atoms with Crippen molar-refractivity contribution in [3.63, 3.8) is 0 Å². The van der Waals surface area contributed by atoms with Gasteiger partial charge in [0.05, 0.1) is 17.5 Å². The van der Waals surface area contributed by atoms with Crippen LogP contribution in [0, 0.1) is 17.9 Å². The number of aromatic nitrogens is 1. The first-order chi connectivity index (χ1) is 7.37. The second kappa shape index (κ2) is 3.55. The molecule has 0 aliphatic heterocycles. The molecule has 0 unspecified atom stereocenters. The first kappa shape index (κ1) is 11.1. The molecule has 3 nitrogen and oxygen atoms in total. The van der Waals surface area contributed by atoms with Gasteiger partial charge in [0.1, 0.15) is 11.6 Å². The van der Waals surface area contributed by atoms with E-state index in [2.05, 4.69) is 11.2 Å². The van der Waals surface area contributed by atoms with Crippen LogP contribution in [0.15, 0.2) is 18.3 Å². The van der Waals surface area contributed by atoms with Gasteiger partial charge in [-0.05, 0) is 11.6 Å². The van der Waals surface area contributed by atoms with Crippen LogP contribution in [0.1, 0.15) is 5.56 Å². The van der Waals surface area contributed by atoms with E-state index in [4.69, 9.17) is 0 Å². The standard InChI is InChI=1S/C10H8F2NO2S/c1-16(14,15)5-6-4-13-9-3-7(11)2-8(12)10(6)9/h2-4,13H,1,5H2. The molecular formula is C10H8F2NO2S. The van der Waals surface area contributed by atoms with Crippen LogP contribution in [-0.2, 0) is 15.6 Å². The molecule has 85 valence electrons. The Morgan fingerprint density at radius 3 is 2.62 bits per heavy atom. The van der Waals surface area contributed by atoms with Crippen molar-refractivity contribution in [2.45, 2.75) is 5.75 Å². The molecule has 0 saturated carbocycles. The first-order valence-electron chi connectivity index (χ1n) is 4.37. The normalized spacial score (nSPS) is 12.2. The summed E-state index contributed by atoms with van der Waals surface area (Å²) in [6.07, 6.45) is 4.30. The smallest absolute Gasteiger partial charge is 0.155 e. The van der Waals surface area contributed by atoms with Gasteiger partial charge in [0, 0.05) is 17.6 Å². The summed E-state index contributed by atoms with van der Waals surface area (Å²) in [5.74, 6) is -1.87.